The minimum atomic E-state index is -0.547. The lowest BCUT2D eigenvalue weighted by molar-refractivity contribution is -0.130. The molecular formula is C19H22O4. The van der Waals surface area contributed by atoms with Gasteiger partial charge in [0.15, 0.2) is 0 Å². The first-order valence-corrected chi connectivity index (χ1v) is 8.00. The molecule has 1 aromatic carbocycles. The molecule has 0 amide bonds. The largest absolute Gasteiger partial charge is 0.458 e. The van der Waals surface area contributed by atoms with Crippen LogP contribution in [0.15, 0.2) is 36.4 Å². The molecular weight excluding hydrogens is 292 g/mol. The smallest absolute Gasteiger partial charge is 0.342 e. The van der Waals surface area contributed by atoms with Gasteiger partial charge in [0.1, 0.15) is 17.4 Å². The summed E-state index contributed by atoms with van der Waals surface area (Å²) in [6, 6.07) is 6.66. The van der Waals surface area contributed by atoms with Gasteiger partial charge in [-0.3, -0.25) is 0 Å². The maximum Gasteiger partial charge on any atom is 0.342 e. The molecule has 0 aliphatic heterocycles. The number of rotatable bonds is 4. The van der Waals surface area contributed by atoms with Gasteiger partial charge in [-0.1, -0.05) is 32.6 Å². The van der Waals surface area contributed by atoms with Gasteiger partial charge in [0.05, 0.1) is 0 Å². The summed E-state index contributed by atoms with van der Waals surface area (Å²) in [6.07, 6.45) is 1.99. The van der Waals surface area contributed by atoms with Crippen LogP contribution in [0.5, 0.6) is 5.75 Å². The van der Waals surface area contributed by atoms with Crippen molar-refractivity contribution in [2.24, 2.45) is 17.3 Å². The first-order valence-electron chi connectivity index (χ1n) is 8.00. The van der Waals surface area contributed by atoms with Crippen molar-refractivity contribution < 1.29 is 19.1 Å². The van der Waals surface area contributed by atoms with Crippen LogP contribution < -0.4 is 4.74 Å². The van der Waals surface area contributed by atoms with Crippen LogP contribution in [0.2, 0.25) is 0 Å². The number of hydrogen-bond acceptors (Lipinski definition) is 4. The number of carbonyl (C=O) groups is 2. The summed E-state index contributed by atoms with van der Waals surface area (Å²) >= 11 is 0. The molecule has 0 bridgehead atoms. The highest BCUT2D eigenvalue weighted by Crippen LogP contribution is 2.66. The fourth-order valence-electron chi connectivity index (χ4n) is 3.56. The Morgan fingerprint density at radius 2 is 2.00 bits per heavy atom. The van der Waals surface area contributed by atoms with E-state index in [4.69, 9.17) is 9.47 Å². The van der Waals surface area contributed by atoms with Crippen molar-refractivity contribution in [1.82, 2.24) is 0 Å². The Kier molecular flexibility index (Phi) is 3.78. The number of benzene rings is 1. The molecule has 2 aliphatic carbocycles. The third-order valence-electron chi connectivity index (χ3n) is 5.42. The van der Waals surface area contributed by atoms with Crippen molar-refractivity contribution in [2.75, 3.05) is 0 Å². The van der Waals surface area contributed by atoms with E-state index in [1.54, 1.807) is 31.2 Å². The van der Waals surface area contributed by atoms with Crippen LogP contribution in [0.1, 0.15) is 44.0 Å². The zero-order valence-electron chi connectivity index (χ0n) is 13.8. The van der Waals surface area contributed by atoms with Crippen molar-refractivity contribution in [3.05, 3.63) is 42.0 Å². The van der Waals surface area contributed by atoms with Gasteiger partial charge in [-0.2, -0.15) is 0 Å². The molecule has 4 unspecified atom stereocenters. The van der Waals surface area contributed by atoms with E-state index >= 15 is 0 Å². The molecule has 4 nitrogen and oxygen atoms in total. The molecule has 122 valence electrons. The molecule has 1 aromatic rings. The summed E-state index contributed by atoms with van der Waals surface area (Å²) < 4.78 is 10.9. The first kappa shape index (κ1) is 15.8. The SMILES string of the molecule is C=C(C)C(=O)Oc1ccccc1C(=O)OC1CC(C)C2(C)CC12. The van der Waals surface area contributed by atoms with Crippen LogP contribution in [0.25, 0.3) is 0 Å². The van der Waals surface area contributed by atoms with Crippen LogP contribution >= 0.6 is 0 Å². The van der Waals surface area contributed by atoms with E-state index < -0.39 is 11.9 Å². The second kappa shape index (κ2) is 5.52. The highest BCUT2D eigenvalue weighted by molar-refractivity contribution is 5.95. The lowest BCUT2D eigenvalue weighted by atomic mass is 9.94. The molecule has 0 N–H and O–H groups in total. The molecule has 0 aromatic heterocycles. The molecule has 2 aliphatic rings. The lowest BCUT2D eigenvalue weighted by Gasteiger charge is -2.16. The van der Waals surface area contributed by atoms with Gasteiger partial charge < -0.3 is 9.47 Å². The predicted octanol–water partition coefficient (Wildman–Crippen LogP) is 3.76. The second-order valence-corrected chi connectivity index (χ2v) is 7.06. The topological polar surface area (TPSA) is 52.6 Å². The van der Waals surface area contributed by atoms with E-state index in [-0.39, 0.29) is 23.0 Å². The Morgan fingerprint density at radius 1 is 1.30 bits per heavy atom. The van der Waals surface area contributed by atoms with Crippen molar-refractivity contribution in [1.29, 1.82) is 0 Å². The van der Waals surface area contributed by atoms with Gasteiger partial charge in [-0.15, -0.1) is 0 Å². The van der Waals surface area contributed by atoms with Gasteiger partial charge in [0.25, 0.3) is 0 Å². The number of para-hydroxylation sites is 1. The number of carbonyl (C=O) groups excluding carboxylic acids is 2. The van der Waals surface area contributed by atoms with Crippen molar-refractivity contribution in [3.63, 3.8) is 0 Å². The van der Waals surface area contributed by atoms with Gasteiger partial charge in [0, 0.05) is 11.5 Å². The van der Waals surface area contributed by atoms with E-state index in [1.165, 1.54) is 0 Å². The third-order valence-corrected chi connectivity index (χ3v) is 5.42. The summed E-state index contributed by atoms with van der Waals surface area (Å²) in [6.45, 7) is 9.60. The molecule has 0 saturated heterocycles. The van der Waals surface area contributed by atoms with Crippen LogP contribution in [0.4, 0.5) is 0 Å². The molecule has 0 heterocycles. The normalized spacial score (nSPS) is 31.2. The number of fused-ring (bicyclic) bond motifs is 1. The van der Waals surface area contributed by atoms with Gasteiger partial charge in [0.2, 0.25) is 0 Å². The fourth-order valence-corrected chi connectivity index (χ4v) is 3.56. The number of esters is 2. The van der Waals surface area contributed by atoms with Gasteiger partial charge in [-0.25, -0.2) is 9.59 Å². The molecule has 2 saturated carbocycles. The maximum atomic E-state index is 12.5. The maximum absolute atomic E-state index is 12.5. The first-order chi connectivity index (χ1) is 10.8. The van der Waals surface area contributed by atoms with E-state index in [1.807, 2.05) is 0 Å². The molecule has 3 rings (SSSR count). The lowest BCUT2D eigenvalue weighted by Crippen LogP contribution is -2.20. The predicted molar refractivity (Wildman–Crippen MR) is 86.1 cm³/mol. The molecule has 2 fully saturated rings. The summed E-state index contributed by atoms with van der Waals surface area (Å²) in [4.78, 5) is 24.2. The number of ether oxygens (including phenoxy) is 2. The van der Waals surface area contributed by atoms with E-state index in [9.17, 15) is 9.59 Å². The van der Waals surface area contributed by atoms with Crippen LogP contribution in [-0.2, 0) is 9.53 Å². The Morgan fingerprint density at radius 3 is 2.57 bits per heavy atom. The van der Waals surface area contributed by atoms with Crippen molar-refractivity contribution in [2.45, 2.75) is 39.7 Å². The average molecular weight is 314 g/mol. The molecule has 23 heavy (non-hydrogen) atoms. The zero-order chi connectivity index (χ0) is 16.8. The van der Waals surface area contributed by atoms with E-state index in [2.05, 4.69) is 20.4 Å². The monoisotopic (exact) mass is 314 g/mol. The minimum Gasteiger partial charge on any atom is -0.458 e. The van der Waals surface area contributed by atoms with Crippen molar-refractivity contribution >= 4 is 11.9 Å². The highest BCUT2D eigenvalue weighted by atomic mass is 16.6. The quantitative estimate of drug-likeness (QED) is 0.482. The minimum absolute atomic E-state index is 0.0348. The average Bonchev–Trinajstić information content (AvgIpc) is 3.14. The molecule has 4 atom stereocenters. The summed E-state index contributed by atoms with van der Waals surface area (Å²) in [5, 5.41) is 0. The number of hydrogen-bond donors (Lipinski definition) is 0. The summed E-state index contributed by atoms with van der Waals surface area (Å²) in [7, 11) is 0. The summed E-state index contributed by atoms with van der Waals surface area (Å²) in [5.74, 6) is 0.279. The molecule has 0 spiro atoms. The van der Waals surface area contributed by atoms with Crippen LogP contribution in [-0.4, -0.2) is 18.0 Å². The Balaban J connectivity index is 1.73. The second-order valence-electron chi connectivity index (χ2n) is 7.06. The molecule has 0 radical (unpaired) electrons. The van der Waals surface area contributed by atoms with Crippen LogP contribution in [0.3, 0.4) is 0 Å². The summed E-state index contributed by atoms with van der Waals surface area (Å²) in [5.41, 5.74) is 0.896. The Bertz CT molecular complexity index is 678. The van der Waals surface area contributed by atoms with Crippen LogP contribution in [0, 0.1) is 17.3 Å². The Labute approximate surface area is 136 Å². The van der Waals surface area contributed by atoms with Crippen molar-refractivity contribution in [3.8, 4) is 5.75 Å². The van der Waals surface area contributed by atoms with Gasteiger partial charge >= 0.3 is 11.9 Å². The third kappa shape index (κ3) is 2.78. The zero-order valence-corrected chi connectivity index (χ0v) is 13.8. The molecule has 4 heteroatoms. The fraction of sp³-hybridized carbons (Fsp3) is 0.474. The van der Waals surface area contributed by atoms with Gasteiger partial charge in [-0.05, 0) is 43.2 Å². The van der Waals surface area contributed by atoms with E-state index in [0.29, 0.717) is 17.3 Å². The standard InChI is InChI=1S/C19H22O4/c1-11(2)17(20)22-15-8-6-5-7-13(15)18(21)23-16-9-12(3)19(4)10-14(16)19/h5-8,12,14,16H,1,9-10H2,2-4H3. The van der Waals surface area contributed by atoms with E-state index in [0.717, 1.165) is 12.8 Å². The Hall–Kier alpha value is -2.10. The highest BCUT2D eigenvalue weighted by Gasteiger charge is 2.63.